The van der Waals surface area contributed by atoms with E-state index in [1.807, 2.05) is 0 Å². The summed E-state index contributed by atoms with van der Waals surface area (Å²) in [7, 11) is 0. The highest BCUT2D eigenvalue weighted by Crippen LogP contribution is 2.15. The van der Waals surface area contributed by atoms with Gasteiger partial charge in [-0.05, 0) is 27.7 Å². The number of aromatic amines is 1. The van der Waals surface area contributed by atoms with Crippen molar-refractivity contribution >= 4 is 11.6 Å². The van der Waals surface area contributed by atoms with Crippen LogP contribution in [-0.2, 0) is 11.2 Å². The fourth-order valence-electron chi connectivity index (χ4n) is 2.05. The van der Waals surface area contributed by atoms with Crippen molar-refractivity contribution in [1.82, 2.24) is 14.6 Å². The first-order valence-corrected chi connectivity index (χ1v) is 6.68. The number of rotatable bonds is 3. The highest BCUT2D eigenvalue weighted by atomic mass is 16.6. The van der Waals surface area contributed by atoms with Crippen LogP contribution in [-0.4, -0.2) is 37.9 Å². The number of esters is 1. The van der Waals surface area contributed by atoms with Crippen LogP contribution in [0.25, 0.3) is 5.65 Å². The van der Waals surface area contributed by atoms with Gasteiger partial charge in [0.15, 0.2) is 5.65 Å². The summed E-state index contributed by atoms with van der Waals surface area (Å²) in [6.45, 7) is 6.89. The number of ether oxygens (including phenoxy) is 1. The third kappa shape index (κ3) is 2.97. The maximum Gasteiger partial charge on any atom is 0.344 e. The van der Waals surface area contributed by atoms with Crippen molar-refractivity contribution in [3.05, 3.63) is 33.4 Å². The number of aromatic nitrogens is 3. The van der Waals surface area contributed by atoms with Crippen LogP contribution in [0.2, 0.25) is 0 Å². The lowest BCUT2D eigenvalue weighted by molar-refractivity contribution is 0.00715. The molecule has 2 aromatic rings. The number of hydrogen-bond acceptors (Lipinski definition) is 5. The zero-order chi connectivity index (χ0) is 15.8. The van der Waals surface area contributed by atoms with Gasteiger partial charge in [-0.3, -0.25) is 4.79 Å². The lowest BCUT2D eigenvalue weighted by Gasteiger charge is -2.18. The van der Waals surface area contributed by atoms with Gasteiger partial charge in [-0.15, -0.1) is 0 Å². The summed E-state index contributed by atoms with van der Waals surface area (Å²) in [5.74, 6) is -0.539. The van der Waals surface area contributed by atoms with Gasteiger partial charge in [0.2, 0.25) is 0 Å². The fourth-order valence-corrected chi connectivity index (χ4v) is 2.05. The Morgan fingerprint density at radius 1 is 1.48 bits per heavy atom. The minimum absolute atomic E-state index is 0.129. The SMILES string of the molecule is Cc1[nH]c2c(C(=O)OC(C)(C)C)cnn2c(=O)c1CCO. The van der Waals surface area contributed by atoms with Crippen molar-refractivity contribution < 1.29 is 14.6 Å². The molecule has 21 heavy (non-hydrogen) atoms. The molecule has 0 atom stereocenters. The molecule has 0 radical (unpaired) electrons. The minimum Gasteiger partial charge on any atom is -0.456 e. The Bertz CT molecular complexity index is 737. The second-order valence-corrected chi connectivity index (χ2v) is 5.83. The molecule has 114 valence electrons. The molecular weight excluding hydrogens is 274 g/mol. The van der Waals surface area contributed by atoms with Crippen molar-refractivity contribution in [3.63, 3.8) is 0 Å². The minimum atomic E-state index is -0.627. The molecule has 2 rings (SSSR count). The Balaban J connectivity index is 2.55. The topological polar surface area (TPSA) is 96.7 Å². The van der Waals surface area contributed by atoms with Crippen LogP contribution in [0.4, 0.5) is 0 Å². The summed E-state index contributed by atoms with van der Waals surface area (Å²) in [5.41, 5.74) is 0.590. The molecule has 0 spiro atoms. The van der Waals surface area contributed by atoms with E-state index >= 15 is 0 Å². The van der Waals surface area contributed by atoms with Crippen molar-refractivity contribution in [1.29, 1.82) is 0 Å². The van der Waals surface area contributed by atoms with Gasteiger partial charge in [0.1, 0.15) is 11.2 Å². The zero-order valence-corrected chi connectivity index (χ0v) is 12.6. The molecular formula is C14H19N3O4. The number of aryl methyl sites for hydroxylation is 1. The van der Waals surface area contributed by atoms with Gasteiger partial charge >= 0.3 is 5.97 Å². The number of aliphatic hydroxyl groups is 1. The van der Waals surface area contributed by atoms with Crippen LogP contribution in [0.15, 0.2) is 11.0 Å². The molecule has 0 aliphatic rings. The van der Waals surface area contributed by atoms with Gasteiger partial charge in [0, 0.05) is 24.3 Å². The average molecular weight is 293 g/mol. The smallest absolute Gasteiger partial charge is 0.344 e. The molecule has 0 aliphatic heterocycles. The number of nitrogens with one attached hydrogen (secondary N) is 1. The van der Waals surface area contributed by atoms with E-state index in [1.54, 1.807) is 27.7 Å². The van der Waals surface area contributed by atoms with Gasteiger partial charge in [-0.25, -0.2) is 4.79 Å². The van der Waals surface area contributed by atoms with Gasteiger partial charge in [0.05, 0.1) is 6.20 Å². The molecule has 2 heterocycles. The highest BCUT2D eigenvalue weighted by molar-refractivity contribution is 5.95. The van der Waals surface area contributed by atoms with Crippen molar-refractivity contribution in [2.45, 2.75) is 39.7 Å². The molecule has 0 unspecified atom stereocenters. The number of aliphatic hydroxyl groups excluding tert-OH is 1. The molecule has 2 aromatic heterocycles. The molecule has 7 nitrogen and oxygen atoms in total. The predicted molar refractivity (Wildman–Crippen MR) is 76.5 cm³/mol. The Kier molecular flexibility index (Phi) is 3.87. The second-order valence-electron chi connectivity index (χ2n) is 5.83. The van der Waals surface area contributed by atoms with Crippen LogP contribution in [0.5, 0.6) is 0 Å². The van der Waals surface area contributed by atoms with E-state index in [0.29, 0.717) is 16.9 Å². The predicted octanol–water partition coefficient (Wildman–Crippen LogP) is 0.821. The fraction of sp³-hybridized carbons (Fsp3) is 0.500. The van der Waals surface area contributed by atoms with Gasteiger partial charge in [0.25, 0.3) is 5.56 Å². The summed E-state index contributed by atoms with van der Waals surface area (Å²) in [5, 5.41) is 12.9. The first kappa shape index (κ1) is 15.2. The van der Waals surface area contributed by atoms with Crippen molar-refractivity contribution in [3.8, 4) is 0 Å². The summed E-state index contributed by atoms with van der Waals surface area (Å²) in [6.07, 6.45) is 1.54. The number of hydrogen-bond donors (Lipinski definition) is 2. The molecule has 0 aromatic carbocycles. The maximum absolute atomic E-state index is 12.3. The molecule has 0 saturated heterocycles. The monoisotopic (exact) mass is 293 g/mol. The lowest BCUT2D eigenvalue weighted by atomic mass is 10.1. The van der Waals surface area contributed by atoms with E-state index in [9.17, 15) is 9.59 Å². The first-order valence-electron chi connectivity index (χ1n) is 6.68. The Morgan fingerprint density at radius 2 is 2.14 bits per heavy atom. The van der Waals surface area contributed by atoms with Crippen molar-refractivity contribution in [2.75, 3.05) is 6.61 Å². The third-order valence-electron chi connectivity index (χ3n) is 2.96. The number of H-pyrrole nitrogens is 1. The number of carbonyl (C=O) groups excluding carboxylic acids is 1. The summed E-state index contributed by atoms with van der Waals surface area (Å²) in [4.78, 5) is 27.4. The maximum atomic E-state index is 12.3. The Morgan fingerprint density at radius 3 is 2.71 bits per heavy atom. The van der Waals surface area contributed by atoms with E-state index in [-0.39, 0.29) is 24.2 Å². The highest BCUT2D eigenvalue weighted by Gasteiger charge is 2.23. The Hall–Kier alpha value is -2.15. The normalized spacial score (nSPS) is 11.9. The summed E-state index contributed by atoms with van der Waals surface area (Å²) >= 11 is 0. The van der Waals surface area contributed by atoms with Crippen LogP contribution < -0.4 is 5.56 Å². The van der Waals surface area contributed by atoms with E-state index in [2.05, 4.69) is 10.1 Å². The number of carbonyl (C=O) groups is 1. The molecule has 0 fully saturated rings. The Labute approximate surface area is 121 Å². The lowest BCUT2D eigenvalue weighted by Crippen LogP contribution is -2.25. The van der Waals surface area contributed by atoms with E-state index in [4.69, 9.17) is 9.84 Å². The van der Waals surface area contributed by atoms with Crippen LogP contribution in [0, 0.1) is 6.92 Å². The number of nitrogens with zero attached hydrogens (tertiary/aromatic N) is 2. The van der Waals surface area contributed by atoms with Gasteiger partial charge in [-0.2, -0.15) is 9.61 Å². The first-order chi connectivity index (χ1) is 9.74. The quantitative estimate of drug-likeness (QED) is 0.817. The number of fused-ring (bicyclic) bond motifs is 1. The molecule has 2 N–H and O–H groups in total. The molecule has 0 amide bonds. The van der Waals surface area contributed by atoms with E-state index < -0.39 is 11.6 Å². The van der Waals surface area contributed by atoms with Crippen molar-refractivity contribution in [2.24, 2.45) is 0 Å². The van der Waals surface area contributed by atoms with Gasteiger partial charge < -0.3 is 14.8 Å². The molecule has 7 heteroatoms. The van der Waals surface area contributed by atoms with E-state index in [0.717, 1.165) is 4.52 Å². The third-order valence-corrected chi connectivity index (χ3v) is 2.96. The second kappa shape index (κ2) is 5.33. The summed E-state index contributed by atoms with van der Waals surface area (Å²) in [6, 6.07) is 0. The summed E-state index contributed by atoms with van der Waals surface area (Å²) < 4.78 is 6.42. The largest absolute Gasteiger partial charge is 0.456 e. The van der Waals surface area contributed by atoms with Crippen LogP contribution >= 0.6 is 0 Å². The molecule has 0 saturated carbocycles. The molecule has 0 bridgehead atoms. The van der Waals surface area contributed by atoms with Crippen LogP contribution in [0.3, 0.4) is 0 Å². The van der Waals surface area contributed by atoms with E-state index in [1.165, 1.54) is 6.20 Å². The zero-order valence-electron chi connectivity index (χ0n) is 12.6. The standard InChI is InChI=1S/C14H19N3O4/c1-8-9(5-6-18)12(19)17-11(16-8)10(7-15-17)13(20)21-14(2,3)4/h7,16,18H,5-6H2,1-4H3. The van der Waals surface area contributed by atoms with Crippen LogP contribution in [0.1, 0.15) is 42.4 Å². The van der Waals surface area contributed by atoms with Gasteiger partial charge in [-0.1, -0.05) is 0 Å². The molecule has 0 aliphatic carbocycles. The average Bonchev–Trinajstić information content (AvgIpc) is 2.76.